The molecule has 3 N–H and O–H groups in total. The quantitative estimate of drug-likeness (QED) is 0.601. The fraction of sp³-hybridized carbons (Fsp3) is 0.350. The van der Waals surface area contributed by atoms with E-state index in [1.54, 1.807) is 6.92 Å². The fourth-order valence-electron chi connectivity index (χ4n) is 2.87. The van der Waals surface area contributed by atoms with Crippen LogP contribution >= 0.6 is 0 Å². The average Bonchev–Trinajstić information content (AvgIpc) is 2.62. The van der Waals surface area contributed by atoms with Gasteiger partial charge in [0, 0.05) is 17.8 Å². The summed E-state index contributed by atoms with van der Waals surface area (Å²) in [6.45, 7) is 5.75. The molecule has 2 aromatic rings. The summed E-state index contributed by atoms with van der Waals surface area (Å²) in [7, 11) is -3.86. The second-order valence-electron chi connectivity index (χ2n) is 6.60. The number of rotatable bonds is 9. The van der Waals surface area contributed by atoms with Crippen LogP contribution in [0, 0.1) is 0 Å². The van der Waals surface area contributed by atoms with Crippen molar-refractivity contribution in [3.63, 3.8) is 0 Å². The molecule has 0 saturated carbocycles. The van der Waals surface area contributed by atoms with E-state index in [1.165, 1.54) is 18.2 Å². The van der Waals surface area contributed by atoms with Crippen molar-refractivity contribution in [2.75, 3.05) is 5.32 Å². The maximum absolute atomic E-state index is 12.7. The van der Waals surface area contributed by atoms with Gasteiger partial charge in [0.2, 0.25) is 10.0 Å². The highest BCUT2D eigenvalue weighted by Gasteiger charge is 2.22. The van der Waals surface area contributed by atoms with Gasteiger partial charge in [-0.1, -0.05) is 43.7 Å². The molecule has 0 unspecified atom stereocenters. The molecule has 0 heterocycles. The Bertz CT molecular complexity index is 882. The number of carbonyl (C=O) groups is 1. The van der Waals surface area contributed by atoms with Crippen LogP contribution in [-0.4, -0.2) is 25.5 Å². The normalized spacial score (nSPS) is 13.7. The molecular weight excluding hydrogens is 364 g/mol. The number of carboxylic acid groups (broad SMARTS) is 1. The first-order chi connectivity index (χ1) is 12.7. The molecule has 2 atom stereocenters. The lowest BCUT2D eigenvalue weighted by molar-refractivity contribution is 0.0697. The number of nitrogens with one attached hydrogen (secondary N) is 2. The Morgan fingerprint density at radius 2 is 1.78 bits per heavy atom. The predicted octanol–water partition coefficient (Wildman–Crippen LogP) is 4.02. The number of benzene rings is 2. The Labute approximate surface area is 160 Å². The lowest BCUT2D eigenvalue weighted by atomic mass is 10.1. The topological polar surface area (TPSA) is 95.5 Å². The number of sulfonamides is 1. The molecule has 0 bridgehead atoms. The van der Waals surface area contributed by atoms with Gasteiger partial charge in [0.05, 0.1) is 10.5 Å². The lowest BCUT2D eigenvalue weighted by Gasteiger charge is -2.18. The zero-order valence-corrected chi connectivity index (χ0v) is 16.6. The molecule has 146 valence electrons. The van der Waals surface area contributed by atoms with Crippen LogP contribution in [0.1, 0.15) is 55.6 Å². The third-order valence-electron chi connectivity index (χ3n) is 4.29. The van der Waals surface area contributed by atoms with Crippen LogP contribution in [0.15, 0.2) is 53.4 Å². The summed E-state index contributed by atoms with van der Waals surface area (Å²) in [5.41, 5.74) is 1.18. The van der Waals surface area contributed by atoms with Crippen molar-refractivity contribution in [1.29, 1.82) is 0 Å². The number of carboxylic acids is 1. The van der Waals surface area contributed by atoms with Gasteiger partial charge in [-0.3, -0.25) is 0 Å². The van der Waals surface area contributed by atoms with Crippen molar-refractivity contribution in [3.8, 4) is 0 Å². The van der Waals surface area contributed by atoms with E-state index in [4.69, 9.17) is 0 Å². The third-order valence-corrected chi connectivity index (χ3v) is 5.83. The van der Waals surface area contributed by atoms with Gasteiger partial charge < -0.3 is 10.4 Å². The standard InChI is InChI=1S/C20H26N2O4S/c1-4-8-14(2)21-19-12-11-17(13-18(19)20(23)24)27(25,26)22-15(3)16-9-6-5-7-10-16/h5-7,9-15,21-22H,4,8H2,1-3H3,(H,23,24)/t14-,15-/m1/s1. The summed E-state index contributed by atoms with van der Waals surface area (Å²) in [4.78, 5) is 11.6. The molecule has 0 saturated heterocycles. The van der Waals surface area contributed by atoms with Gasteiger partial charge in [-0.2, -0.15) is 0 Å². The van der Waals surface area contributed by atoms with Gasteiger partial charge in [-0.15, -0.1) is 0 Å². The van der Waals surface area contributed by atoms with E-state index < -0.39 is 22.0 Å². The zero-order valence-electron chi connectivity index (χ0n) is 15.8. The molecule has 0 amide bonds. The van der Waals surface area contributed by atoms with Crippen molar-refractivity contribution >= 4 is 21.7 Å². The average molecular weight is 391 g/mol. The molecule has 0 fully saturated rings. The Morgan fingerprint density at radius 1 is 1.11 bits per heavy atom. The molecule has 0 radical (unpaired) electrons. The summed E-state index contributed by atoms with van der Waals surface area (Å²) in [6, 6.07) is 13.0. The first-order valence-electron chi connectivity index (χ1n) is 8.95. The van der Waals surface area contributed by atoms with Crippen molar-refractivity contribution < 1.29 is 18.3 Å². The number of hydrogen-bond acceptors (Lipinski definition) is 4. The minimum atomic E-state index is -3.86. The second-order valence-corrected chi connectivity index (χ2v) is 8.31. The minimum Gasteiger partial charge on any atom is -0.478 e. The maximum atomic E-state index is 12.7. The zero-order chi connectivity index (χ0) is 20.0. The van der Waals surface area contributed by atoms with Crippen molar-refractivity contribution in [1.82, 2.24) is 4.72 Å². The second kappa shape index (κ2) is 9.01. The molecule has 7 heteroatoms. The summed E-state index contributed by atoms with van der Waals surface area (Å²) in [5, 5.41) is 12.6. The van der Waals surface area contributed by atoms with Gasteiger partial charge in [0.1, 0.15) is 0 Å². The van der Waals surface area contributed by atoms with Gasteiger partial charge in [-0.25, -0.2) is 17.9 Å². The Hall–Kier alpha value is -2.38. The van der Waals surface area contributed by atoms with Gasteiger partial charge >= 0.3 is 5.97 Å². The van der Waals surface area contributed by atoms with Crippen LogP contribution < -0.4 is 10.0 Å². The highest BCUT2D eigenvalue weighted by Crippen LogP contribution is 2.23. The molecule has 2 rings (SSSR count). The monoisotopic (exact) mass is 390 g/mol. The fourth-order valence-corrected chi connectivity index (χ4v) is 4.13. The van der Waals surface area contributed by atoms with Crippen molar-refractivity contribution in [2.24, 2.45) is 0 Å². The van der Waals surface area contributed by atoms with Crippen LogP contribution in [0.4, 0.5) is 5.69 Å². The molecule has 0 aliphatic carbocycles. The van der Waals surface area contributed by atoms with Crippen molar-refractivity contribution in [3.05, 3.63) is 59.7 Å². The summed E-state index contributed by atoms with van der Waals surface area (Å²) in [5.74, 6) is -1.17. The largest absolute Gasteiger partial charge is 0.478 e. The Kier molecular flexibility index (Phi) is 6.98. The first-order valence-corrected chi connectivity index (χ1v) is 10.4. The van der Waals surface area contributed by atoms with Crippen LogP contribution in [0.3, 0.4) is 0 Å². The van der Waals surface area contributed by atoms with Gasteiger partial charge in [0.25, 0.3) is 0 Å². The van der Waals surface area contributed by atoms with Gasteiger partial charge in [-0.05, 0) is 44.0 Å². The van der Waals surface area contributed by atoms with Crippen LogP contribution in [0.2, 0.25) is 0 Å². The number of anilines is 1. The lowest BCUT2D eigenvalue weighted by Crippen LogP contribution is -2.27. The molecular formula is C20H26N2O4S. The highest BCUT2D eigenvalue weighted by molar-refractivity contribution is 7.89. The molecule has 0 spiro atoms. The van der Waals surface area contributed by atoms with E-state index in [0.29, 0.717) is 5.69 Å². The van der Waals surface area contributed by atoms with Gasteiger partial charge in [0.15, 0.2) is 0 Å². The number of aromatic carboxylic acids is 1. The Balaban J connectivity index is 2.29. The Morgan fingerprint density at radius 3 is 2.37 bits per heavy atom. The maximum Gasteiger partial charge on any atom is 0.337 e. The third kappa shape index (κ3) is 5.55. The highest BCUT2D eigenvalue weighted by atomic mass is 32.2. The molecule has 27 heavy (non-hydrogen) atoms. The molecule has 2 aromatic carbocycles. The van der Waals surface area contributed by atoms with E-state index >= 15 is 0 Å². The smallest absolute Gasteiger partial charge is 0.337 e. The molecule has 0 aliphatic rings. The summed E-state index contributed by atoms with van der Waals surface area (Å²) < 4.78 is 28.0. The molecule has 6 nitrogen and oxygen atoms in total. The predicted molar refractivity (Wildman–Crippen MR) is 107 cm³/mol. The van der Waals surface area contributed by atoms with Crippen LogP contribution in [0.25, 0.3) is 0 Å². The van der Waals surface area contributed by atoms with Crippen LogP contribution in [0.5, 0.6) is 0 Å². The van der Waals surface area contributed by atoms with E-state index in [2.05, 4.69) is 10.0 Å². The van der Waals surface area contributed by atoms with E-state index in [1.807, 2.05) is 44.2 Å². The van der Waals surface area contributed by atoms with Crippen molar-refractivity contribution in [2.45, 2.75) is 50.6 Å². The van der Waals surface area contributed by atoms with Crippen LogP contribution in [-0.2, 0) is 10.0 Å². The molecule has 0 aromatic heterocycles. The summed E-state index contributed by atoms with van der Waals surface area (Å²) in [6.07, 6.45) is 1.85. The number of hydrogen-bond donors (Lipinski definition) is 3. The SMILES string of the molecule is CCC[C@@H](C)Nc1ccc(S(=O)(=O)N[C@H](C)c2ccccc2)cc1C(=O)O. The molecule has 0 aliphatic heterocycles. The minimum absolute atomic E-state index is 0.0619. The summed E-state index contributed by atoms with van der Waals surface area (Å²) >= 11 is 0. The van der Waals surface area contributed by atoms with E-state index in [0.717, 1.165) is 18.4 Å². The first kappa shape index (κ1) is 20.9. The van der Waals surface area contributed by atoms with E-state index in [9.17, 15) is 18.3 Å². The van der Waals surface area contributed by atoms with E-state index in [-0.39, 0.29) is 16.5 Å².